The molecule has 0 heterocycles. The molecule has 1 aliphatic rings. The number of ether oxygens (including phenoxy) is 1. The Labute approximate surface area is 156 Å². The van der Waals surface area contributed by atoms with Gasteiger partial charge in [0, 0.05) is 0 Å². The van der Waals surface area contributed by atoms with Crippen molar-refractivity contribution in [3.8, 4) is 0 Å². The monoisotopic (exact) mass is 362 g/mol. The molecule has 1 aliphatic carbocycles. The van der Waals surface area contributed by atoms with Gasteiger partial charge in [0.1, 0.15) is 6.10 Å². The molecule has 2 aromatic carbocycles. The Kier molecular flexibility index (Phi) is 6.06. The van der Waals surface area contributed by atoms with Crippen molar-refractivity contribution in [2.75, 3.05) is 0 Å². The molecule has 6 heteroatoms. The summed E-state index contributed by atoms with van der Waals surface area (Å²) in [7, 11) is 0. The Morgan fingerprint density at radius 3 is 1.85 bits per heavy atom. The van der Waals surface area contributed by atoms with E-state index in [1.54, 1.807) is 24.3 Å². The normalized spacial score (nSPS) is 18.7. The van der Waals surface area contributed by atoms with Crippen molar-refractivity contribution in [1.82, 2.24) is 0 Å². The second-order valence-corrected chi connectivity index (χ2v) is 6.42. The molecule has 0 aliphatic heterocycles. The number of carbonyl (C=O) groups excluding carboxylic acids is 3. The molecule has 3 rings (SSSR count). The fourth-order valence-corrected chi connectivity index (χ4v) is 3.33. The van der Waals surface area contributed by atoms with Crippen LogP contribution in [0.25, 0.3) is 0 Å². The number of nitrogens with zero attached hydrogens (tertiary/aromatic N) is 2. The highest BCUT2D eigenvalue weighted by Crippen LogP contribution is 2.35. The number of carbonyl (C=O) groups is 1. The van der Waals surface area contributed by atoms with E-state index in [0.717, 1.165) is 25.7 Å². The van der Waals surface area contributed by atoms with Gasteiger partial charge in [0.15, 0.2) is 0 Å². The second kappa shape index (κ2) is 8.86. The summed E-state index contributed by atoms with van der Waals surface area (Å²) in [5.41, 5.74) is 2.69. The maximum absolute atomic E-state index is 12.3. The van der Waals surface area contributed by atoms with Crippen LogP contribution in [0, 0.1) is 0 Å². The molecule has 0 saturated heterocycles. The van der Waals surface area contributed by atoms with Crippen molar-refractivity contribution < 1.29 is 19.1 Å². The fraction of sp³-hybridized carbons (Fsp3) is 0.286. The zero-order valence-electron chi connectivity index (χ0n) is 14.6. The van der Waals surface area contributed by atoms with Gasteiger partial charge in [0.2, 0.25) is 12.2 Å². The summed E-state index contributed by atoms with van der Waals surface area (Å²) in [5, 5.41) is 0. The largest absolute Gasteiger partial charge is 0.459 e. The van der Waals surface area contributed by atoms with E-state index < -0.39 is 0 Å². The SMILES string of the molecule is O=C=Nc1ccc(C(=O)OC2CCC(c3ccc(N=C=O)cc3)CC2)cc1. The molecule has 27 heavy (non-hydrogen) atoms. The molecule has 136 valence electrons. The molecule has 1 fully saturated rings. The van der Waals surface area contributed by atoms with E-state index >= 15 is 0 Å². The van der Waals surface area contributed by atoms with Crippen LogP contribution in [-0.4, -0.2) is 24.2 Å². The van der Waals surface area contributed by atoms with Gasteiger partial charge in [-0.3, -0.25) is 0 Å². The number of hydrogen-bond acceptors (Lipinski definition) is 6. The van der Waals surface area contributed by atoms with Crippen LogP contribution in [0.5, 0.6) is 0 Å². The molecule has 0 amide bonds. The lowest BCUT2D eigenvalue weighted by Gasteiger charge is -2.28. The molecule has 1 saturated carbocycles. The Morgan fingerprint density at radius 1 is 0.815 bits per heavy atom. The van der Waals surface area contributed by atoms with Crippen molar-refractivity contribution in [3.63, 3.8) is 0 Å². The first-order valence-electron chi connectivity index (χ1n) is 8.76. The van der Waals surface area contributed by atoms with Crippen molar-refractivity contribution in [1.29, 1.82) is 0 Å². The first-order valence-corrected chi connectivity index (χ1v) is 8.76. The number of hydrogen-bond donors (Lipinski definition) is 0. The van der Waals surface area contributed by atoms with E-state index in [-0.39, 0.29) is 12.1 Å². The Morgan fingerprint density at radius 2 is 1.33 bits per heavy atom. The Bertz CT molecular complexity index is 885. The van der Waals surface area contributed by atoms with Gasteiger partial charge in [0.25, 0.3) is 0 Å². The second-order valence-electron chi connectivity index (χ2n) is 6.42. The highest BCUT2D eigenvalue weighted by atomic mass is 16.5. The van der Waals surface area contributed by atoms with Crippen LogP contribution in [0.4, 0.5) is 11.4 Å². The lowest BCUT2D eigenvalue weighted by molar-refractivity contribution is 0.0195. The molecular formula is C21H18N2O4. The number of isocyanates is 2. The lowest BCUT2D eigenvalue weighted by atomic mass is 9.82. The summed E-state index contributed by atoms with van der Waals surface area (Å²) in [4.78, 5) is 39.9. The number of esters is 1. The molecule has 0 aromatic heterocycles. The van der Waals surface area contributed by atoms with E-state index in [2.05, 4.69) is 9.98 Å². The first kappa shape index (κ1) is 18.5. The molecule has 0 radical (unpaired) electrons. The summed E-state index contributed by atoms with van der Waals surface area (Å²) in [6.07, 6.45) is 6.37. The standard InChI is InChI=1S/C21H18N2O4/c24-13-22-18-7-1-15(2-8-18)16-5-11-20(12-6-16)27-21(26)17-3-9-19(10-4-17)23-14-25/h1-4,7-10,16,20H,5-6,11-12H2. The van der Waals surface area contributed by atoms with Gasteiger partial charge in [-0.05, 0) is 73.6 Å². The topological polar surface area (TPSA) is 85.2 Å². The third-order valence-corrected chi connectivity index (χ3v) is 4.76. The van der Waals surface area contributed by atoms with E-state index in [0.29, 0.717) is 22.9 Å². The van der Waals surface area contributed by atoms with Gasteiger partial charge in [-0.1, -0.05) is 12.1 Å². The summed E-state index contributed by atoms with van der Waals surface area (Å²) in [5.74, 6) is 0.0471. The van der Waals surface area contributed by atoms with Gasteiger partial charge in [0.05, 0.1) is 16.9 Å². The van der Waals surface area contributed by atoms with E-state index in [1.807, 2.05) is 24.3 Å². The lowest BCUT2D eigenvalue weighted by Crippen LogP contribution is -2.23. The third-order valence-electron chi connectivity index (χ3n) is 4.76. The van der Waals surface area contributed by atoms with Crippen molar-refractivity contribution in [3.05, 3.63) is 59.7 Å². The molecular weight excluding hydrogens is 344 g/mol. The van der Waals surface area contributed by atoms with Crippen LogP contribution in [0.15, 0.2) is 58.5 Å². The average molecular weight is 362 g/mol. The van der Waals surface area contributed by atoms with Gasteiger partial charge < -0.3 is 4.74 Å². The van der Waals surface area contributed by atoms with Gasteiger partial charge in [-0.2, -0.15) is 9.98 Å². The van der Waals surface area contributed by atoms with Gasteiger partial charge in [-0.15, -0.1) is 0 Å². The average Bonchev–Trinajstić information content (AvgIpc) is 2.70. The highest BCUT2D eigenvalue weighted by molar-refractivity contribution is 5.89. The van der Waals surface area contributed by atoms with Crippen LogP contribution in [0.1, 0.15) is 47.5 Å². The van der Waals surface area contributed by atoms with E-state index in [1.165, 1.54) is 17.7 Å². The molecule has 2 aromatic rings. The first-order chi connectivity index (χ1) is 13.2. The third kappa shape index (κ3) is 4.85. The van der Waals surface area contributed by atoms with Crippen molar-refractivity contribution in [2.24, 2.45) is 9.98 Å². The van der Waals surface area contributed by atoms with Crippen LogP contribution in [0.3, 0.4) is 0 Å². The quantitative estimate of drug-likeness (QED) is 0.445. The van der Waals surface area contributed by atoms with Gasteiger partial charge in [-0.25, -0.2) is 14.4 Å². The van der Waals surface area contributed by atoms with Crippen LogP contribution < -0.4 is 0 Å². The number of aliphatic imine (C=N–C) groups is 2. The molecule has 0 unspecified atom stereocenters. The smallest absolute Gasteiger partial charge is 0.338 e. The molecule has 6 nitrogen and oxygen atoms in total. The summed E-state index contributed by atoms with van der Waals surface area (Å²) in [6, 6.07) is 13.9. The predicted octanol–water partition coefficient (Wildman–Crippen LogP) is 4.50. The van der Waals surface area contributed by atoms with E-state index in [9.17, 15) is 14.4 Å². The van der Waals surface area contributed by atoms with Crippen LogP contribution in [-0.2, 0) is 14.3 Å². The minimum atomic E-state index is -0.365. The Hall–Kier alpha value is -3.33. The zero-order chi connectivity index (χ0) is 19.1. The molecule has 0 N–H and O–H groups in total. The zero-order valence-corrected chi connectivity index (χ0v) is 14.6. The van der Waals surface area contributed by atoms with Crippen molar-refractivity contribution >= 4 is 29.5 Å². The number of rotatable bonds is 5. The molecule has 0 atom stereocenters. The summed E-state index contributed by atoms with van der Waals surface area (Å²) in [6.45, 7) is 0. The minimum Gasteiger partial charge on any atom is -0.459 e. The highest BCUT2D eigenvalue weighted by Gasteiger charge is 2.25. The van der Waals surface area contributed by atoms with Gasteiger partial charge >= 0.3 is 5.97 Å². The minimum absolute atomic E-state index is 0.0969. The van der Waals surface area contributed by atoms with E-state index in [4.69, 9.17) is 4.74 Å². The maximum atomic E-state index is 12.3. The number of benzene rings is 2. The maximum Gasteiger partial charge on any atom is 0.338 e. The molecule has 0 bridgehead atoms. The Balaban J connectivity index is 1.53. The summed E-state index contributed by atoms with van der Waals surface area (Å²) < 4.78 is 5.61. The fourth-order valence-electron chi connectivity index (χ4n) is 3.33. The van der Waals surface area contributed by atoms with Crippen LogP contribution >= 0.6 is 0 Å². The van der Waals surface area contributed by atoms with Crippen LogP contribution in [0.2, 0.25) is 0 Å². The predicted molar refractivity (Wildman–Crippen MR) is 98.9 cm³/mol. The van der Waals surface area contributed by atoms with Crippen molar-refractivity contribution in [2.45, 2.75) is 37.7 Å². The molecule has 0 spiro atoms. The summed E-state index contributed by atoms with van der Waals surface area (Å²) >= 11 is 0.